The first-order valence-corrected chi connectivity index (χ1v) is 7.97. The maximum atomic E-state index is 14.2. The fraction of sp³-hybridized carbons (Fsp3) is 0.588. The smallest absolute Gasteiger partial charge is 0.410 e. The molecule has 2 aliphatic carbocycles. The average Bonchev–Trinajstić information content (AvgIpc) is 3.10. The largest absolute Gasteiger partial charge is 0.465 e. The van der Waals surface area contributed by atoms with Gasteiger partial charge in [0.05, 0.1) is 0 Å². The topological polar surface area (TPSA) is 60.8 Å². The highest BCUT2D eigenvalue weighted by atomic mass is 19.1. The van der Waals surface area contributed by atoms with Crippen LogP contribution in [-0.4, -0.2) is 27.2 Å². The molecule has 1 aromatic carbocycles. The van der Waals surface area contributed by atoms with E-state index in [1.807, 2.05) is 0 Å². The van der Waals surface area contributed by atoms with Crippen LogP contribution in [0, 0.1) is 17.7 Å². The van der Waals surface area contributed by atoms with Gasteiger partial charge in [-0.2, -0.15) is 0 Å². The summed E-state index contributed by atoms with van der Waals surface area (Å²) in [7, 11) is 0. The van der Waals surface area contributed by atoms with E-state index < -0.39 is 17.6 Å². The molecule has 0 aromatic heterocycles. The van der Waals surface area contributed by atoms with Gasteiger partial charge in [0.15, 0.2) is 5.72 Å². The summed E-state index contributed by atoms with van der Waals surface area (Å²) in [4.78, 5) is 13.0. The molecule has 3 unspecified atom stereocenters. The van der Waals surface area contributed by atoms with Gasteiger partial charge in [0.1, 0.15) is 5.82 Å². The van der Waals surface area contributed by atoms with Crippen molar-refractivity contribution >= 4 is 6.09 Å². The van der Waals surface area contributed by atoms with Crippen LogP contribution in [0.1, 0.15) is 44.6 Å². The van der Waals surface area contributed by atoms with Crippen molar-refractivity contribution in [3.63, 3.8) is 0 Å². The van der Waals surface area contributed by atoms with Crippen molar-refractivity contribution < 1.29 is 19.4 Å². The molecule has 4 atom stereocenters. The third-order valence-corrected chi connectivity index (χ3v) is 5.44. The Hall–Kier alpha value is -1.62. The van der Waals surface area contributed by atoms with Gasteiger partial charge in [-0.25, -0.2) is 9.18 Å². The summed E-state index contributed by atoms with van der Waals surface area (Å²) in [5.41, 5.74) is -1.77. The number of carboxylic acid groups (broad SMARTS) is 1. The fourth-order valence-corrected chi connectivity index (χ4v) is 4.38. The summed E-state index contributed by atoms with van der Waals surface area (Å²) in [6, 6.07) is 5.68. The van der Waals surface area contributed by atoms with Gasteiger partial charge in [-0.3, -0.25) is 4.90 Å². The summed E-state index contributed by atoms with van der Waals surface area (Å²) in [5, 5.41) is 20.8. The Morgan fingerprint density at radius 2 is 2.09 bits per heavy atom. The number of hydrogen-bond donors (Lipinski definition) is 2. The van der Waals surface area contributed by atoms with Crippen molar-refractivity contribution in [1.29, 1.82) is 0 Å². The first-order valence-electron chi connectivity index (χ1n) is 7.97. The Kier molecular flexibility index (Phi) is 3.85. The molecule has 5 heteroatoms. The number of nitrogens with zero attached hydrogens (tertiary/aromatic N) is 1. The Morgan fingerprint density at radius 3 is 2.59 bits per heavy atom. The van der Waals surface area contributed by atoms with Gasteiger partial charge in [0, 0.05) is 11.6 Å². The summed E-state index contributed by atoms with van der Waals surface area (Å²) >= 11 is 0. The quantitative estimate of drug-likeness (QED) is 0.836. The van der Waals surface area contributed by atoms with Crippen LogP contribution in [-0.2, 0) is 5.72 Å². The van der Waals surface area contributed by atoms with Gasteiger partial charge in [0.2, 0.25) is 0 Å². The van der Waals surface area contributed by atoms with Crippen molar-refractivity contribution in [2.24, 2.45) is 11.8 Å². The minimum Gasteiger partial charge on any atom is -0.465 e. The summed E-state index contributed by atoms with van der Waals surface area (Å²) in [5.74, 6) is 0.255. The highest BCUT2D eigenvalue weighted by Gasteiger charge is 2.51. The van der Waals surface area contributed by atoms with E-state index in [4.69, 9.17) is 0 Å². The number of benzene rings is 1. The second-order valence-electron chi connectivity index (χ2n) is 6.54. The lowest BCUT2D eigenvalue weighted by Gasteiger charge is -2.44. The minimum atomic E-state index is -1.81. The molecule has 120 valence electrons. The number of hydrogen-bond acceptors (Lipinski definition) is 2. The highest BCUT2D eigenvalue weighted by molar-refractivity contribution is 5.67. The van der Waals surface area contributed by atoms with E-state index >= 15 is 0 Å². The SMILES string of the molecule is CC[C@](O)(c1ccccc1F)N(C(=O)O)C1CC2CCC1C2. The highest BCUT2D eigenvalue weighted by Crippen LogP contribution is 2.49. The fourth-order valence-electron chi connectivity index (χ4n) is 4.38. The van der Waals surface area contributed by atoms with Gasteiger partial charge in [-0.05, 0) is 43.6 Å². The van der Waals surface area contributed by atoms with Crippen LogP contribution in [0.3, 0.4) is 0 Å². The molecule has 0 aliphatic heterocycles. The molecule has 2 fully saturated rings. The molecular weight excluding hydrogens is 285 g/mol. The van der Waals surface area contributed by atoms with Crippen LogP contribution < -0.4 is 0 Å². The van der Waals surface area contributed by atoms with Crippen LogP contribution in [0.2, 0.25) is 0 Å². The van der Waals surface area contributed by atoms with Crippen LogP contribution in [0.15, 0.2) is 24.3 Å². The summed E-state index contributed by atoms with van der Waals surface area (Å²) in [6.07, 6.45) is 2.87. The maximum absolute atomic E-state index is 14.2. The number of carbonyl (C=O) groups is 1. The van der Waals surface area contributed by atoms with Gasteiger partial charge in [0.25, 0.3) is 0 Å². The average molecular weight is 307 g/mol. The van der Waals surface area contributed by atoms with E-state index in [1.165, 1.54) is 18.2 Å². The summed E-state index contributed by atoms with van der Waals surface area (Å²) < 4.78 is 14.2. The van der Waals surface area contributed by atoms with Gasteiger partial charge < -0.3 is 10.2 Å². The zero-order chi connectivity index (χ0) is 15.9. The molecule has 1 amide bonds. The lowest BCUT2D eigenvalue weighted by atomic mass is 9.89. The molecule has 0 spiro atoms. The van der Waals surface area contributed by atoms with Gasteiger partial charge in [-0.15, -0.1) is 0 Å². The molecule has 2 N–H and O–H groups in total. The van der Waals surface area contributed by atoms with E-state index in [1.54, 1.807) is 13.0 Å². The minimum absolute atomic E-state index is 0.0441. The van der Waals surface area contributed by atoms with Gasteiger partial charge in [-0.1, -0.05) is 31.5 Å². The molecule has 3 rings (SSSR count). The van der Waals surface area contributed by atoms with Gasteiger partial charge >= 0.3 is 6.09 Å². The second-order valence-corrected chi connectivity index (χ2v) is 6.54. The number of amides is 1. The Morgan fingerprint density at radius 1 is 1.36 bits per heavy atom. The Balaban J connectivity index is 2.02. The second kappa shape index (κ2) is 5.54. The van der Waals surface area contributed by atoms with Crippen LogP contribution in [0.4, 0.5) is 9.18 Å². The van der Waals surface area contributed by atoms with Crippen molar-refractivity contribution in [2.75, 3.05) is 0 Å². The molecule has 4 nitrogen and oxygen atoms in total. The van der Waals surface area contributed by atoms with E-state index in [-0.39, 0.29) is 23.9 Å². The van der Waals surface area contributed by atoms with Crippen molar-refractivity contribution in [3.05, 3.63) is 35.6 Å². The molecule has 0 heterocycles. The molecule has 2 bridgehead atoms. The predicted molar refractivity (Wildman–Crippen MR) is 79.7 cm³/mol. The summed E-state index contributed by atoms with van der Waals surface area (Å²) in [6.45, 7) is 1.69. The van der Waals surface area contributed by atoms with Crippen molar-refractivity contribution in [1.82, 2.24) is 4.90 Å². The zero-order valence-electron chi connectivity index (χ0n) is 12.7. The first kappa shape index (κ1) is 15.3. The molecule has 0 radical (unpaired) electrons. The predicted octanol–water partition coefficient (Wildman–Crippen LogP) is 3.55. The number of aliphatic hydroxyl groups is 1. The maximum Gasteiger partial charge on any atom is 0.410 e. The zero-order valence-corrected chi connectivity index (χ0v) is 12.7. The van der Waals surface area contributed by atoms with E-state index in [0.29, 0.717) is 5.92 Å². The first-order chi connectivity index (χ1) is 10.5. The van der Waals surface area contributed by atoms with E-state index in [2.05, 4.69) is 0 Å². The molecule has 0 saturated heterocycles. The Bertz CT molecular complexity index is 579. The molecule has 2 aliphatic rings. The lowest BCUT2D eigenvalue weighted by Crippen LogP contribution is -2.55. The van der Waals surface area contributed by atoms with Crippen LogP contribution >= 0.6 is 0 Å². The standard InChI is InChI=1S/C17H22FNO3/c1-2-17(22,13-5-3-4-6-14(13)18)19(16(20)21)15-10-11-7-8-12(15)9-11/h3-6,11-12,15,22H,2,7-10H2,1H3,(H,20,21)/t11?,12?,15?,17-/m0/s1. The molecule has 1 aromatic rings. The normalized spacial score (nSPS) is 29.3. The third-order valence-electron chi connectivity index (χ3n) is 5.44. The van der Waals surface area contributed by atoms with E-state index in [0.717, 1.165) is 30.6 Å². The third kappa shape index (κ3) is 2.28. The van der Waals surface area contributed by atoms with Crippen molar-refractivity contribution in [2.45, 2.75) is 50.8 Å². The molecule has 22 heavy (non-hydrogen) atoms. The molecule has 2 saturated carbocycles. The van der Waals surface area contributed by atoms with E-state index in [9.17, 15) is 19.4 Å². The van der Waals surface area contributed by atoms with Crippen molar-refractivity contribution in [3.8, 4) is 0 Å². The number of rotatable bonds is 4. The number of halogens is 1. The van der Waals surface area contributed by atoms with Crippen LogP contribution in [0.5, 0.6) is 0 Å². The molecular formula is C17H22FNO3. The monoisotopic (exact) mass is 307 g/mol. The lowest BCUT2D eigenvalue weighted by molar-refractivity contribution is -0.129. The number of fused-ring (bicyclic) bond motifs is 2. The Labute approximate surface area is 129 Å². The van der Waals surface area contributed by atoms with Crippen LogP contribution in [0.25, 0.3) is 0 Å².